The Bertz CT molecular complexity index is 869. The van der Waals surface area contributed by atoms with Crippen LogP contribution in [0.4, 0.5) is 0 Å². The Morgan fingerprint density at radius 2 is 1.16 bits per heavy atom. The first kappa shape index (κ1) is 42.6. The van der Waals surface area contributed by atoms with Crippen molar-refractivity contribution in [1.29, 1.82) is 0 Å². The van der Waals surface area contributed by atoms with Gasteiger partial charge in [-0.2, -0.15) is 0 Å². The first-order chi connectivity index (χ1) is 19.7. The van der Waals surface area contributed by atoms with Gasteiger partial charge in [-0.25, -0.2) is 0 Å². The summed E-state index contributed by atoms with van der Waals surface area (Å²) in [6.45, 7) is 20.3. The summed E-state index contributed by atoms with van der Waals surface area (Å²) in [5, 5.41) is 16.8. The van der Waals surface area contributed by atoms with E-state index >= 15 is 0 Å². The summed E-state index contributed by atoms with van der Waals surface area (Å²) < 4.78 is 9.32. The Morgan fingerprint density at radius 3 is 1.44 bits per heavy atom. The molecule has 2 N–H and O–H groups in total. The van der Waals surface area contributed by atoms with Crippen molar-refractivity contribution in [3.63, 3.8) is 0 Å². The molecule has 43 heavy (non-hydrogen) atoms. The summed E-state index contributed by atoms with van der Waals surface area (Å²) in [5.41, 5.74) is -1.27. The number of carbonyl (C=O) groups excluding carboxylic acids is 4. The van der Waals surface area contributed by atoms with Crippen LogP contribution in [0.2, 0.25) is 0 Å². The van der Waals surface area contributed by atoms with Crippen molar-refractivity contribution in [3.8, 4) is 0 Å². The van der Waals surface area contributed by atoms with Gasteiger partial charge in [0.05, 0.1) is 30.0 Å². The number of rotatable bonds is 9. The third-order valence-electron chi connectivity index (χ3n) is 8.79. The average Bonchev–Trinajstić information content (AvgIpc) is 3.18. The minimum atomic E-state index is -0.722. The molecule has 252 valence electrons. The van der Waals surface area contributed by atoms with E-state index in [1.165, 1.54) is 13.5 Å². The van der Waals surface area contributed by atoms with Gasteiger partial charge in [-0.15, -0.1) is 0 Å². The minimum absolute atomic E-state index is 0.0550. The highest BCUT2D eigenvalue weighted by molar-refractivity contribution is 6.05. The third-order valence-corrected chi connectivity index (χ3v) is 8.79. The lowest BCUT2D eigenvalue weighted by Gasteiger charge is -2.29. The summed E-state index contributed by atoms with van der Waals surface area (Å²) in [4.78, 5) is 57.6. The van der Waals surface area contributed by atoms with Crippen LogP contribution in [-0.4, -0.2) is 71.2 Å². The second-order valence-electron chi connectivity index (χ2n) is 13.3. The highest BCUT2D eigenvalue weighted by Gasteiger charge is 2.45. The smallest absolute Gasteiger partial charge is 0.311 e. The second-order valence-corrected chi connectivity index (χ2v) is 13.3. The van der Waals surface area contributed by atoms with Crippen LogP contribution in [0, 0.1) is 28.1 Å². The average molecular weight is 616 g/mol. The molecule has 1 saturated carbocycles. The molecule has 10 heteroatoms. The van der Waals surface area contributed by atoms with Crippen LogP contribution in [0.1, 0.15) is 128 Å². The number of imide groups is 1. The van der Waals surface area contributed by atoms with Crippen LogP contribution in [-0.2, 0) is 33.4 Å². The van der Waals surface area contributed by atoms with E-state index < -0.39 is 16.8 Å². The second kappa shape index (κ2) is 19.7. The molecular weight excluding hydrogens is 554 g/mol. The first-order valence-electron chi connectivity index (χ1n) is 15.7. The van der Waals surface area contributed by atoms with Gasteiger partial charge in [0.1, 0.15) is 6.61 Å². The summed E-state index contributed by atoms with van der Waals surface area (Å²) >= 11 is 0. The lowest BCUT2D eigenvalue weighted by molar-refractivity contribution is -0.155. The number of aliphatic hydroxyl groups is 1. The number of hydrogen-bond acceptors (Lipinski definition) is 8. The zero-order valence-corrected chi connectivity index (χ0v) is 29.0. The molecule has 2 atom stereocenters. The van der Waals surface area contributed by atoms with Crippen molar-refractivity contribution in [2.75, 3.05) is 20.3 Å². The fourth-order valence-corrected chi connectivity index (χ4v) is 3.72. The number of amides is 2. The number of likely N-dealkylation sites (tertiary alicyclic amines) is 1. The molecule has 0 aromatic carbocycles. The van der Waals surface area contributed by atoms with Gasteiger partial charge in [-0.3, -0.25) is 28.9 Å². The maximum absolute atomic E-state index is 11.9. The predicted molar refractivity (Wildman–Crippen MR) is 167 cm³/mol. The summed E-state index contributed by atoms with van der Waals surface area (Å²) in [5.74, 6) is -1.21. The Labute approximate surface area is 260 Å². The number of carboxylic acids is 1. The van der Waals surface area contributed by atoms with Gasteiger partial charge < -0.3 is 19.7 Å². The molecule has 0 aromatic rings. The Kier molecular flexibility index (Phi) is 19.6. The zero-order valence-electron chi connectivity index (χ0n) is 29.0. The van der Waals surface area contributed by atoms with E-state index in [0.29, 0.717) is 6.42 Å². The van der Waals surface area contributed by atoms with Crippen molar-refractivity contribution in [2.24, 2.45) is 28.1 Å². The quantitative estimate of drug-likeness (QED) is 0.235. The number of aliphatic hydroxyl groups excluding tert-OH is 1. The van der Waals surface area contributed by atoms with Gasteiger partial charge >= 0.3 is 17.9 Å². The summed E-state index contributed by atoms with van der Waals surface area (Å²) in [6.07, 6.45) is 7.83. The van der Waals surface area contributed by atoms with Crippen LogP contribution < -0.4 is 0 Å². The van der Waals surface area contributed by atoms with Crippen molar-refractivity contribution in [3.05, 3.63) is 0 Å². The molecule has 2 unspecified atom stereocenters. The van der Waals surface area contributed by atoms with Gasteiger partial charge in [0.15, 0.2) is 0 Å². The van der Waals surface area contributed by atoms with Gasteiger partial charge in [0.25, 0.3) is 0 Å². The van der Waals surface area contributed by atoms with E-state index in [1.54, 1.807) is 18.7 Å². The van der Waals surface area contributed by atoms with Crippen LogP contribution in [0.15, 0.2) is 0 Å². The lowest BCUT2D eigenvalue weighted by Crippen LogP contribution is -2.41. The SMILES string of the molecule is CC1C(=O)N(C2CCCCC2)C(=O)C1C.CCC(C)(C)C(=O)O.CCC(C)(C)C(=O)OC.CCC(C)(C)C(=O)OCCO. The Balaban J connectivity index is 0. The molecule has 1 heterocycles. The van der Waals surface area contributed by atoms with E-state index in [4.69, 9.17) is 14.9 Å². The molecular formula is C33H61NO9. The topological polar surface area (TPSA) is 148 Å². The largest absolute Gasteiger partial charge is 0.481 e. The molecule has 2 rings (SSSR count). The zero-order chi connectivity index (χ0) is 34.2. The van der Waals surface area contributed by atoms with Gasteiger partial charge in [0.2, 0.25) is 11.8 Å². The highest BCUT2D eigenvalue weighted by atomic mass is 16.5. The fraction of sp³-hybridized carbons (Fsp3) is 0.848. The number of esters is 2. The molecule has 1 aliphatic carbocycles. The third kappa shape index (κ3) is 14.2. The maximum atomic E-state index is 11.9. The summed E-state index contributed by atoms with van der Waals surface area (Å²) in [6, 6.07) is 0.200. The fourth-order valence-electron chi connectivity index (χ4n) is 3.72. The maximum Gasteiger partial charge on any atom is 0.311 e. The van der Waals surface area contributed by atoms with E-state index in [1.807, 2.05) is 62.3 Å². The highest BCUT2D eigenvalue weighted by Crippen LogP contribution is 2.32. The van der Waals surface area contributed by atoms with Crippen LogP contribution >= 0.6 is 0 Å². The van der Waals surface area contributed by atoms with Crippen LogP contribution in [0.25, 0.3) is 0 Å². The molecule has 2 fully saturated rings. The Morgan fingerprint density at radius 1 is 0.767 bits per heavy atom. The van der Waals surface area contributed by atoms with E-state index in [9.17, 15) is 24.0 Å². The normalized spacial score (nSPS) is 19.1. The van der Waals surface area contributed by atoms with Gasteiger partial charge in [0, 0.05) is 17.9 Å². The number of nitrogens with zero attached hydrogens (tertiary/aromatic N) is 1. The molecule has 2 amide bonds. The van der Waals surface area contributed by atoms with Crippen LogP contribution in [0.5, 0.6) is 0 Å². The number of carboxylic acid groups (broad SMARTS) is 1. The number of carbonyl (C=O) groups is 5. The van der Waals surface area contributed by atoms with Crippen molar-refractivity contribution < 1.29 is 43.7 Å². The van der Waals surface area contributed by atoms with Gasteiger partial charge in [-0.05, 0) is 73.6 Å². The Hall–Kier alpha value is -2.49. The molecule has 10 nitrogen and oxygen atoms in total. The molecule has 0 aromatic heterocycles. The minimum Gasteiger partial charge on any atom is -0.481 e. The van der Waals surface area contributed by atoms with E-state index in [0.717, 1.165) is 38.5 Å². The molecule has 1 aliphatic heterocycles. The van der Waals surface area contributed by atoms with E-state index in [-0.39, 0.29) is 60.3 Å². The lowest BCUT2D eigenvalue weighted by atomic mass is 9.91. The van der Waals surface area contributed by atoms with Crippen molar-refractivity contribution in [2.45, 2.75) is 134 Å². The summed E-state index contributed by atoms with van der Waals surface area (Å²) in [7, 11) is 1.42. The number of aliphatic carboxylic acids is 1. The molecule has 1 saturated heterocycles. The molecule has 2 aliphatic rings. The predicted octanol–water partition coefficient (Wildman–Crippen LogP) is 6.02. The first-order valence-corrected chi connectivity index (χ1v) is 15.7. The van der Waals surface area contributed by atoms with E-state index in [2.05, 4.69) is 4.74 Å². The van der Waals surface area contributed by atoms with Crippen LogP contribution in [0.3, 0.4) is 0 Å². The number of ether oxygens (including phenoxy) is 2. The standard InChI is InChI=1S/C12H19NO2.C8H16O3.C7H14O2.C6H12O2/c1-8-9(2)12(15)13(11(8)14)10-6-4-3-5-7-10;1-4-8(2,3)7(10)11-6-5-9;1-5-7(2,3)6(8)9-4;1-4-6(2,3)5(7)8/h8-10H,3-7H2,1-2H3;9H,4-6H2,1-3H3;5H2,1-4H3;4H2,1-3H3,(H,7,8). The van der Waals surface area contributed by atoms with Gasteiger partial charge in [-0.1, -0.05) is 53.9 Å². The monoisotopic (exact) mass is 615 g/mol. The number of methoxy groups -OCH3 is 1. The van der Waals surface area contributed by atoms with Crippen molar-refractivity contribution in [1.82, 2.24) is 4.90 Å². The molecule has 0 spiro atoms. The number of hydrogen-bond donors (Lipinski definition) is 2. The molecule has 0 bridgehead atoms. The van der Waals surface area contributed by atoms with Crippen molar-refractivity contribution >= 4 is 29.7 Å². The molecule has 0 radical (unpaired) electrons.